The van der Waals surface area contributed by atoms with Gasteiger partial charge in [0.15, 0.2) is 0 Å². The average Bonchev–Trinajstić information content (AvgIpc) is 2.84. The highest BCUT2D eigenvalue weighted by Gasteiger charge is 2.27. The van der Waals surface area contributed by atoms with Crippen molar-refractivity contribution < 1.29 is 9.53 Å². The van der Waals surface area contributed by atoms with Gasteiger partial charge in [0, 0.05) is 5.69 Å². The largest absolute Gasteiger partial charge is 0.492 e. The van der Waals surface area contributed by atoms with E-state index in [9.17, 15) is 4.79 Å². The van der Waals surface area contributed by atoms with Gasteiger partial charge in [0.25, 0.3) is 0 Å². The van der Waals surface area contributed by atoms with Crippen LogP contribution >= 0.6 is 11.6 Å². The van der Waals surface area contributed by atoms with E-state index in [1.807, 2.05) is 20.0 Å². The molecule has 1 N–H and O–H groups in total. The van der Waals surface area contributed by atoms with E-state index in [2.05, 4.69) is 10.2 Å². The van der Waals surface area contributed by atoms with Crippen LogP contribution in [0.5, 0.6) is 5.75 Å². The highest BCUT2D eigenvalue weighted by atomic mass is 35.5. The maximum Gasteiger partial charge on any atom is 0.241 e. The molecule has 0 saturated carbocycles. The lowest BCUT2D eigenvalue weighted by molar-refractivity contribution is -0.119. The first-order valence-electron chi connectivity index (χ1n) is 7.05. The average molecular weight is 297 g/mol. The first-order valence-corrected chi connectivity index (χ1v) is 7.43. The Morgan fingerprint density at radius 3 is 2.95 bits per heavy atom. The van der Waals surface area contributed by atoms with E-state index in [1.54, 1.807) is 12.1 Å². The molecule has 0 radical (unpaired) electrons. The number of rotatable bonds is 5. The summed E-state index contributed by atoms with van der Waals surface area (Å²) in [6.07, 6.45) is 2.91. The minimum Gasteiger partial charge on any atom is -0.492 e. The molecular formula is C15H21ClN2O2. The number of carbonyl (C=O) groups is 1. The smallest absolute Gasteiger partial charge is 0.241 e. The number of halogens is 1. The minimum atomic E-state index is -0.0372. The van der Waals surface area contributed by atoms with Crippen LogP contribution in [0.25, 0.3) is 0 Å². The summed E-state index contributed by atoms with van der Waals surface area (Å²) in [6.45, 7) is 3.65. The van der Waals surface area contributed by atoms with Crippen molar-refractivity contribution in [3.05, 3.63) is 23.2 Å². The predicted molar refractivity (Wildman–Crippen MR) is 81.5 cm³/mol. The molecule has 1 aromatic rings. The van der Waals surface area contributed by atoms with Gasteiger partial charge >= 0.3 is 0 Å². The second-order valence-corrected chi connectivity index (χ2v) is 5.53. The molecule has 0 spiro atoms. The Labute approximate surface area is 125 Å². The molecule has 1 saturated heterocycles. The van der Waals surface area contributed by atoms with Crippen LogP contribution in [0.15, 0.2) is 18.2 Å². The summed E-state index contributed by atoms with van der Waals surface area (Å²) in [7, 11) is 1.98. The van der Waals surface area contributed by atoms with Crippen LogP contribution in [0.1, 0.15) is 26.2 Å². The molecule has 1 amide bonds. The summed E-state index contributed by atoms with van der Waals surface area (Å²) >= 11 is 6.15. The number of likely N-dealkylation sites (N-methyl/N-ethyl adjacent to an activating group) is 1. The van der Waals surface area contributed by atoms with E-state index in [0.717, 1.165) is 25.8 Å². The maximum atomic E-state index is 12.2. The van der Waals surface area contributed by atoms with Gasteiger partial charge < -0.3 is 10.1 Å². The van der Waals surface area contributed by atoms with Crippen molar-refractivity contribution in [1.82, 2.24) is 4.90 Å². The van der Waals surface area contributed by atoms with Crippen LogP contribution in [0, 0.1) is 0 Å². The van der Waals surface area contributed by atoms with E-state index in [0.29, 0.717) is 23.1 Å². The third-order valence-electron chi connectivity index (χ3n) is 3.48. The van der Waals surface area contributed by atoms with Gasteiger partial charge in [0.1, 0.15) is 5.75 Å². The molecule has 0 unspecified atom stereocenters. The van der Waals surface area contributed by atoms with Crippen LogP contribution in [-0.4, -0.2) is 37.0 Å². The lowest BCUT2D eigenvalue weighted by Crippen LogP contribution is -2.37. The van der Waals surface area contributed by atoms with Gasteiger partial charge in [-0.25, -0.2) is 0 Å². The first kappa shape index (κ1) is 15.1. The van der Waals surface area contributed by atoms with Crippen LogP contribution in [-0.2, 0) is 4.79 Å². The Bertz CT molecular complexity index is 479. The van der Waals surface area contributed by atoms with E-state index in [1.165, 1.54) is 0 Å². The summed E-state index contributed by atoms with van der Waals surface area (Å²) < 4.78 is 5.51. The monoisotopic (exact) mass is 296 g/mol. The summed E-state index contributed by atoms with van der Waals surface area (Å²) in [5, 5.41) is 3.44. The van der Waals surface area contributed by atoms with Gasteiger partial charge in [-0.05, 0) is 51.1 Å². The topological polar surface area (TPSA) is 41.6 Å². The molecule has 1 aliphatic rings. The second kappa shape index (κ2) is 6.95. The number of nitrogens with one attached hydrogen (secondary N) is 1. The number of hydrogen-bond acceptors (Lipinski definition) is 3. The van der Waals surface area contributed by atoms with Gasteiger partial charge in [-0.2, -0.15) is 0 Å². The van der Waals surface area contributed by atoms with E-state index >= 15 is 0 Å². The van der Waals surface area contributed by atoms with E-state index in [-0.39, 0.29) is 11.9 Å². The van der Waals surface area contributed by atoms with E-state index in [4.69, 9.17) is 16.3 Å². The number of carbonyl (C=O) groups excluding carboxylic acids is 1. The molecule has 0 aromatic heterocycles. The van der Waals surface area contributed by atoms with Gasteiger partial charge in [-0.3, -0.25) is 9.69 Å². The third kappa shape index (κ3) is 3.64. The number of hydrogen-bond donors (Lipinski definition) is 1. The quantitative estimate of drug-likeness (QED) is 0.907. The number of benzene rings is 1. The van der Waals surface area contributed by atoms with Crippen molar-refractivity contribution in [3.63, 3.8) is 0 Å². The van der Waals surface area contributed by atoms with Gasteiger partial charge in [0.2, 0.25) is 5.91 Å². The van der Waals surface area contributed by atoms with Gasteiger partial charge in [-0.15, -0.1) is 0 Å². The highest BCUT2D eigenvalue weighted by molar-refractivity contribution is 6.32. The van der Waals surface area contributed by atoms with Crippen molar-refractivity contribution >= 4 is 23.2 Å². The normalized spacial score (nSPS) is 19.1. The SMILES string of the molecule is CCCOc1ccc(NC(=O)[C@@H]2CCCN2C)cc1Cl. The van der Waals surface area contributed by atoms with Crippen molar-refractivity contribution in [1.29, 1.82) is 0 Å². The zero-order chi connectivity index (χ0) is 14.5. The molecule has 5 heteroatoms. The fourth-order valence-corrected chi connectivity index (χ4v) is 2.61. The third-order valence-corrected chi connectivity index (χ3v) is 3.78. The maximum absolute atomic E-state index is 12.2. The highest BCUT2D eigenvalue weighted by Crippen LogP contribution is 2.28. The molecule has 1 aromatic carbocycles. The second-order valence-electron chi connectivity index (χ2n) is 5.12. The lowest BCUT2D eigenvalue weighted by atomic mass is 10.2. The molecule has 2 rings (SSSR count). The fourth-order valence-electron chi connectivity index (χ4n) is 2.37. The summed E-state index contributed by atoms with van der Waals surface area (Å²) in [5.74, 6) is 0.688. The molecule has 1 atom stereocenters. The van der Waals surface area contributed by atoms with E-state index < -0.39 is 0 Å². The Morgan fingerprint density at radius 2 is 2.35 bits per heavy atom. The minimum absolute atomic E-state index is 0.0308. The number of amides is 1. The molecular weight excluding hydrogens is 276 g/mol. The summed E-state index contributed by atoms with van der Waals surface area (Å²) in [5.41, 5.74) is 0.712. The fraction of sp³-hybridized carbons (Fsp3) is 0.533. The lowest BCUT2D eigenvalue weighted by Gasteiger charge is -2.19. The summed E-state index contributed by atoms with van der Waals surface area (Å²) in [4.78, 5) is 14.2. The molecule has 4 nitrogen and oxygen atoms in total. The van der Waals surface area contributed by atoms with Gasteiger partial charge in [0.05, 0.1) is 17.7 Å². The van der Waals surface area contributed by atoms with Gasteiger partial charge in [-0.1, -0.05) is 18.5 Å². The molecule has 20 heavy (non-hydrogen) atoms. The van der Waals surface area contributed by atoms with Crippen molar-refractivity contribution in [2.24, 2.45) is 0 Å². The zero-order valence-corrected chi connectivity index (χ0v) is 12.7. The molecule has 110 valence electrons. The van der Waals surface area contributed by atoms with Crippen LogP contribution in [0.3, 0.4) is 0 Å². The zero-order valence-electron chi connectivity index (χ0n) is 12.0. The van der Waals surface area contributed by atoms with Crippen molar-refractivity contribution in [3.8, 4) is 5.75 Å². The summed E-state index contributed by atoms with van der Waals surface area (Å²) in [6, 6.07) is 5.32. The number of ether oxygens (including phenoxy) is 1. The number of likely N-dealkylation sites (tertiary alicyclic amines) is 1. The van der Waals surface area contributed by atoms with Crippen molar-refractivity contribution in [2.75, 3.05) is 25.5 Å². The number of anilines is 1. The molecule has 1 heterocycles. The standard InChI is InChI=1S/C15H21ClN2O2/c1-3-9-20-14-7-6-11(10-12(14)16)17-15(19)13-5-4-8-18(13)2/h6-7,10,13H,3-5,8-9H2,1-2H3,(H,17,19)/t13-/m0/s1. The Kier molecular flexibility index (Phi) is 5.26. The van der Waals surface area contributed by atoms with Crippen molar-refractivity contribution in [2.45, 2.75) is 32.2 Å². The first-order chi connectivity index (χ1) is 9.61. The predicted octanol–water partition coefficient (Wildman–Crippen LogP) is 3.16. The Balaban J connectivity index is 1.99. The molecule has 1 aliphatic heterocycles. The Morgan fingerprint density at radius 1 is 1.55 bits per heavy atom. The molecule has 0 aliphatic carbocycles. The number of nitrogens with zero attached hydrogens (tertiary/aromatic N) is 1. The molecule has 1 fully saturated rings. The van der Waals surface area contributed by atoms with Crippen LogP contribution in [0.2, 0.25) is 5.02 Å². The van der Waals surface area contributed by atoms with Crippen LogP contribution in [0.4, 0.5) is 5.69 Å². The molecule has 0 bridgehead atoms. The Hall–Kier alpha value is -1.26. The van der Waals surface area contributed by atoms with Crippen LogP contribution < -0.4 is 10.1 Å².